The van der Waals surface area contributed by atoms with Gasteiger partial charge in [0, 0.05) is 136 Å². The molecule has 1 unspecified atom stereocenters. The van der Waals surface area contributed by atoms with Gasteiger partial charge in [0.2, 0.25) is 35.4 Å². The van der Waals surface area contributed by atoms with E-state index in [-0.39, 0.29) is 87.5 Å². The van der Waals surface area contributed by atoms with E-state index in [1.54, 1.807) is 13.8 Å². The zero-order valence-corrected chi connectivity index (χ0v) is 56.3. The van der Waals surface area contributed by atoms with Crippen LogP contribution in [0.25, 0.3) is 11.0 Å². The molecule has 2 aromatic rings. The summed E-state index contributed by atoms with van der Waals surface area (Å²) in [6.45, 7) is 23.6. The van der Waals surface area contributed by atoms with E-state index in [0.29, 0.717) is 56.4 Å². The second-order valence-corrected chi connectivity index (χ2v) is 28.3. The third kappa shape index (κ3) is 14.6. The van der Waals surface area contributed by atoms with Crippen LogP contribution >= 0.6 is 7.82 Å². The first-order chi connectivity index (χ1) is 42.8. The molecule has 6 aliphatic rings. The van der Waals surface area contributed by atoms with Gasteiger partial charge in [-0.25, -0.2) is 4.98 Å². The topological polar surface area (TPSA) is 481 Å². The number of ether oxygens (including phenoxy) is 1. The number of allylic oxidation sites excluding steroid dienone is 6. The van der Waals surface area contributed by atoms with E-state index in [1.807, 2.05) is 73.6 Å². The number of aryl methyl sites for hydroxylation is 2. The zero-order chi connectivity index (χ0) is 68.7. The number of imidazole rings is 1. The van der Waals surface area contributed by atoms with Crippen LogP contribution in [0.3, 0.4) is 0 Å². The summed E-state index contributed by atoms with van der Waals surface area (Å²) in [5, 5.41) is 45.5. The van der Waals surface area contributed by atoms with Gasteiger partial charge in [-0.2, -0.15) is 0 Å². The van der Waals surface area contributed by atoms with Crippen molar-refractivity contribution in [3.05, 3.63) is 70.5 Å². The smallest absolute Gasteiger partial charge is 0.303 e. The first-order valence-electron chi connectivity index (χ1n) is 30.7. The molecule has 7 heterocycles. The van der Waals surface area contributed by atoms with Crippen molar-refractivity contribution < 1.29 is 88.9 Å². The number of aliphatic imine (C=N–C) groups is 3. The number of aliphatic carboxylic acids is 1. The van der Waals surface area contributed by atoms with Crippen molar-refractivity contribution in [3.63, 3.8) is 0 Å². The largest absolute Gasteiger partial charge is 0.756 e. The number of carboxylic acids is 1. The van der Waals surface area contributed by atoms with Gasteiger partial charge in [-0.05, 0) is 108 Å². The maximum Gasteiger partial charge on any atom is 0.303 e. The molecule has 0 spiro atoms. The van der Waals surface area contributed by atoms with Gasteiger partial charge in [-0.3, -0.25) is 53.1 Å². The Morgan fingerprint density at radius 2 is 1.41 bits per heavy atom. The number of nitrogens with one attached hydrogen (secondary N) is 2. The van der Waals surface area contributed by atoms with Gasteiger partial charge in [0.05, 0.1) is 53.8 Å². The number of fused-ring (bicyclic) bond motifs is 7. The van der Waals surface area contributed by atoms with Gasteiger partial charge < -0.3 is 89.7 Å². The van der Waals surface area contributed by atoms with Crippen LogP contribution in [0.5, 0.6) is 0 Å². The molecule has 15 N–H and O–H groups in total. The van der Waals surface area contributed by atoms with E-state index in [0.717, 1.165) is 11.1 Å². The Morgan fingerprint density at radius 3 is 1.98 bits per heavy atom. The fourth-order valence-electron chi connectivity index (χ4n) is 15.4. The van der Waals surface area contributed by atoms with Crippen LogP contribution < -0.4 is 44.2 Å². The van der Waals surface area contributed by atoms with Crippen molar-refractivity contribution in [3.8, 4) is 0 Å². The van der Waals surface area contributed by atoms with Gasteiger partial charge in [0.25, 0.3) is 7.82 Å². The molecule has 1 radical (unpaired) electrons. The van der Waals surface area contributed by atoms with Crippen molar-refractivity contribution in [1.29, 1.82) is 5.26 Å². The van der Waals surface area contributed by atoms with Crippen molar-refractivity contribution >= 4 is 77.4 Å². The minimum atomic E-state index is -5.33. The number of nitrogens with two attached hydrogens (primary N) is 5. The summed E-state index contributed by atoms with van der Waals surface area (Å²) in [5.41, 5.74) is 30.4. The molecule has 93 heavy (non-hydrogen) atoms. The number of carbonyl (C=O) groups is 7. The predicted octanol–water partition coefficient (Wildman–Crippen LogP) is 3.22. The quantitative estimate of drug-likeness (QED) is 0.0477. The summed E-state index contributed by atoms with van der Waals surface area (Å²) in [4.78, 5) is 127. The van der Waals surface area contributed by atoms with Crippen LogP contribution in [-0.4, -0.2) is 133 Å². The number of hydrogen-bond donors (Lipinski definition) is 10. The Balaban J connectivity index is 0.00000453. The number of phosphoric acid groups is 1. The van der Waals surface area contributed by atoms with Crippen LogP contribution in [0.1, 0.15) is 150 Å². The molecule has 0 saturated carbocycles. The summed E-state index contributed by atoms with van der Waals surface area (Å²) in [6, 6.07) is 2.69. The molecule has 8 rings (SSSR count). The molecule has 8 bridgehead atoms. The summed E-state index contributed by atoms with van der Waals surface area (Å²) < 4.78 is 31.8. The molecule has 2 saturated heterocycles. The summed E-state index contributed by atoms with van der Waals surface area (Å²) in [5.74, 6) is -8.03. The molecule has 2 fully saturated rings. The molecule has 6 aliphatic heterocycles. The Morgan fingerprint density at radius 1 is 0.828 bits per heavy atom. The molecule has 1 aromatic heterocycles. The first kappa shape index (κ1) is 75.0. The number of benzene rings is 1. The normalized spacial score (nSPS) is 31.0. The number of carboxylic acid groups (broad SMARTS) is 1. The molecule has 6 amide bonds. The van der Waals surface area contributed by atoms with Crippen molar-refractivity contribution in [2.75, 3.05) is 13.2 Å². The van der Waals surface area contributed by atoms with Gasteiger partial charge in [-0.1, -0.05) is 34.6 Å². The molecule has 28 nitrogen and oxygen atoms in total. The number of phosphoric ester groups is 1. The second kappa shape index (κ2) is 28.5. The SMILES string of the molecule is CC1=C2N[C@H]([C@H](CC(=O)O)[C@@]2(C)CCC(=O)NC[C@@H](C)OP(=O)([O-])O[C@H]2[C@@H](O)[C@@H](n3cnc4cc(C)c(C)cc43)O[C@@H]2CO)[C@]2(C)N=C(C(C)=C3N=C(C=C4N=C1[C@@H](CCC(N)=O)C4(C)C)[C@@H](CCC(N)=O)[C@]3(C)CC(N)=O)[C@@H](CCC(N)=O)[C@]2(C)CC(N)=O.[C-]#N.[Co]. The van der Waals surface area contributed by atoms with Crippen LogP contribution in [0, 0.1) is 71.0 Å². The number of rotatable bonds is 26. The zero-order valence-electron chi connectivity index (χ0n) is 54.4. The van der Waals surface area contributed by atoms with Crippen LogP contribution in [0.15, 0.2) is 67.8 Å². The maximum absolute atomic E-state index is 14.3. The van der Waals surface area contributed by atoms with E-state index in [4.69, 9.17) is 69.3 Å². The number of aliphatic hydroxyl groups excluding tert-OH is 2. The summed E-state index contributed by atoms with van der Waals surface area (Å²) in [6.07, 6.45) is -5.13. The molecular weight excluding hydrogens is 1270 g/mol. The van der Waals surface area contributed by atoms with Crippen LogP contribution in [0.4, 0.5) is 0 Å². The Kier molecular flexibility index (Phi) is 23.0. The fourth-order valence-corrected chi connectivity index (χ4v) is 16.6. The molecule has 15 atom stereocenters. The van der Waals surface area contributed by atoms with Crippen LogP contribution in [-0.2, 0) is 68.7 Å². The number of aromatic nitrogens is 2. The van der Waals surface area contributed by atoms with E-state index in [1.165, 1.54) is 17.8 Å². The molecule has 1 aromatic carbocycles. The van der Waals surface area contributed by atoms with E-state index < -0.39 is 150 Å². The van der Waals surface area contributed by atoms with Crippen molar-refractivity contribution in [2.45, 2.75) is 189 Å². The van der Waals surface area contributed by atoms with Gasteiger partial charge >= 0.3 is 5.97 Å². The first-order valence-corrected chi connectivity index (χ1v) is 32.2. The summed E-state index contributed by atoms with van der Waals surface area (Å²) >= 11 is 0. The molecule has 30 heteroatoms. The van der Waals surface area contributed by atoms with Gasteiger partial charge in [0.1, 0.15) is 18.3 Å². The second-order valence-electron chi connectivity index (χ2n) is 27.0. The Hall–Kier alpha value is -7.00. The van der Waals surface area contributed by atoms with E-state index in [2.05, 4.69) is 15.6 Å². The minimum Gasteiger partial charge on any atom is -0.756 e. The Labute approximate surface area is 550 Å². The molecule has 511 valence electrons. The average molecular weight is 1360 g/mol. The molecular formula is C63H88CoN13O15P-2. The third-order valence-electron chi connectivity index (χ3n) is 20.6. The van der Waals surface area contributed by atoms with Crippen molar-refractivity contribution in [2.24, 2.45) is 89.0 Å². The van der Waals surface area contributed by atoms with Crippen molar-refractivity contribution in [1.82, 2.24) is 20.2 Å². The third-order valence-corrected chi connectivity index (χ3v) is 21.7. The number of nitrogens with zero attached hydrogens (tertiary/aromatic N) is 6. The Bertz CT molecular complexity index is 3600. The minimum absolute atomic E-state index is 0. The van der Waals surface area contributed by atoms with E-state index in [9.17, 15) is 58.3 Å². The number of hydrogen-bond acceptors (Lipinski definition) is 20. The van der Waals surface area contributed by atoms with Crippen LogP contribution in [0.2, 0.25) is 0 Å². The average Bonchev–Trinajstić information content (AvgIpc) is 1.53. The number of primary amides is 5. The van der Waals surface area contributed by atoms with Gasteiger partial charge in [-0.15, -0.1) is 0 Å². The number of carbonyl (C=O) groups excluding carboxylic acids is 6. The van der Waals surface area contributed by atoms with Gasteiger partial charge in [0.15, 0.2) is 6.23 Å². The maximum atomic E-state index is 14.3. The standard InChI is InChI=1S/C62H89N12O15P.CN.Co/c1-29-20-39-40(21-30(29)2)74(28-69-39)57-52(84)53(41(27-75)87-57)89-90(85,86)88-31(3)26-68-48(81)18-19-59(8)37(22-49(82)83)56-62(11)61(10,25-47(67)80)36(14-17-45(65)78)51(73-62)33(5)55-60(9,24-46(66)79)34(12-15-43(63)76)38(70-55)23-42-58(6,7)35(13-16-44(64)77)50(71-42)32(4)54(59)72-56;1-2;/h20-21,23,28,31,34-37,41,52-53,56-57,72,75,84H,12-19,22,24-27H2,1-11H3,(H2,63,76)(H2,64,77)(H2,65,78)(H2,66,79)(H2,67,80)(H,68,81)(H,82,83)(H,85,86);;/q;-1;/p-1/t31-,34-,35-,36-,37+,41-,52-,53-,56-,57+,59-,60+,61+,62+;;/m1../s1. The predicted molar refractivity (Wildman–Crippen MR) is 335 cm³/mol. The summed E-state index contributed by atoms with van der Waals surface area (Å²) in [7, 11) is -5.33. The van der Waals surface area contributed by atoms with E-state index >= 15 is 0 Å². The monoisotopic (exact) mass is 1360 g/mol. The fraction of sp³-hybridized carbons (Fsp3) is 0.619. The number of aliphatic hydroxyl groups is 2. The molecule has 0 aliphatic carbocycles. The number of amides is 6.